The summed E-state index contributed by atoms with van der Waals surface area (Å²) in [5, 5.41) is 10.5. The zero-order valence-corrected chi connectivity index (χ0v) is 9.08. The molecule has 1 aromatic rings. The van der Waals surface area contributed by atoms with E-state index >= 15 is 0 Å². The minimum atomic E-state index is -0.551. The lowest BCUT2D eigenvalue weighted by atomic mass is 9.97. The first kappa shape index (κ1) is 9.73. The molecule has 0 bridgehead atoms. The van der Waals surface area contributed by atoms with Crippen molar-refractivity contribution in [1.82, 2.24) is 9.97 Å². The zero-order valence-electron chi connectivity index (χ0n) is 8.27. The third-order valence-electron chi connectivity index (χ3n) is 2.22. The molecule has 4 nitrogen and oxygen atoms in total. The summed E-state index contributed by atoms with van der Waals surface area (Å²) < 4.78 is 0. The van der Waals surface area contributed by atoms with Crippen LogP contribution in [0.15, 0.2) is 17.4 Å². The molecule has 5 heteroatoms. The van der Waals surface area contributed by atoms with Crippen LogP contribution in [0.1, 0.15) is 6.92 Å². The molecule has 0 amide bonds. The third kappa shape index (κ3) is 1.83. The molecule has 1 aliphatic heterocycles. The van der Waals surface area contributed by atoms with Gasteiger partial charge in [0, 0.05) is 19.2 Å². The monoisotopic (exact) mass is 211 g/mol. The van der Waals surface area contributed by atoms with Gasteiger partial charge in [0.1, 0.15) is 17.2 Å². The number of thioether (sulfide) groups is 1. The van der Waals surface area contributed by atoms with Crippen LogP contribution in [0.2, 0.25) is 0 Å². The van der Waals surface area contributed by atoms with Gasteiger partial charge in [0.15, 0.2) is 0 Å². The Hall–Kier alpha value is -0.810. The Labute approximate surface area is 87.4 Å². The van der Waals surface area contributed by atoms with Crippen LogP contribution in [0.25, 0.3) is 0 Å². The lowest BCUT2D eigenvalue weighted by Gasteiger charge is -2.44. The lowest BCUT2D eigenvalue weighted by Crippen LogP contribution is -2.60. The Balaban J connectivity index is 2.11. The summed E-state index contributed by atoms with van der Waals surface area (Å²) in [6.45, 7) is 3.13. The van der Waals surface area contributed by atoms with Gasteiger partial charge in [-0.25, -0.2) is 9.97 Å². The van der Waals surface area contributed by atoms with E-state index in [0.717, 1.165) is 10.8 Å². The van der Waals surface area contributed by atoms with Gasteiger partial charge in [-0.2, -0.15) is 0 Å². The number of anilines is 1. The summed E-state index contributed by atoms with van der Waals surface area (Å²) >= 11 is 1.59. The lowest BCUT2D eigenvalue weighted by molar-refractivity contribution is 0.0305. The minimum absolute atomic E-state index is 0.551. The maximum atomic E-state index is 9.58. The molecule has 2 rings (SSSR count). The smallest absolute Gasteiger partial charge is 0.133 e. The highest BCUT2D eigenvalue weighted by Gasteiger charge is 2.37. The summed E-state index contributed by atoms with van der Waals surface area (Å²) in [6, 6.07) is 1.94. The highest BCUT2D eigenvalue weighted by molar-refractivity contribution is 7.98. The van der Waals surface area contributed by atoms with E-state index < -0.39 is 5.60 Å². The van der Waals surface area contributed by atoms with Crippen LogP contribution < -0.4 is 4.90 Å². The van der Waals surface area contributed by atoms with E-state index in [4.69, 9.17) is 0 Å². The molecular weight excluding hydrogens is 198 g/mol. The predicted octanol–water partition coefficient (Wildman–Crippen LogP) is 0.770. The van der Waals surface area contributed by atoms with E-state index in [2.05, 4.69) is 9.97 Å². The first-order valence-electron chi connectivity index (χ1n) is 4.44. The minimum Gasteiger partial charge on any atom is -0.386 e. The maximum absolute atomic E-state index is 9.58. The Bertz CT molecular complexity index is 335. The number of β-amino-alcohol motifs (C(OH)–C–C–N with tert-alkyl or cyclic N) is 1. The Morgan fingerprint density at radius 1 is 1.50 bits per heavy atom. The van der Waals surface area contributed by atoms with E-state index in [-0.39, 0.29) is 0 Å². The number of rotatable bonds is 2. The summed E-state index contributed by atoms with van der Waals surface area (Å²) in [5.41, 5.74) is -0.551. The molecule has 0 atom stereocenters. The van der Waals surface area contributed by atoms with Crippen LogP contribution in [0.5, 0.6) is 0 Å². The fourth-order valence-corrected chi connectivity index (χ4v) is 1.93. The van der Waals surface area contributed by atoms with Crippen molar-refractivity contribution in [3.63, 3.8) is 0 Å². The van der Waals surface area contributed by atoms with Crippen LogP contribution in [-0.2, 0) is 0 Å². The molecule has 0 radical (unpaired) electrons. The van der Waals surface area contributed by atoms with E-state index in [1.165, 1.54) is 0 Å². The zero-order chi connectivity index (χ0) is 10.2. The maximum Gasteiger partial charge on any atom is 0.133 e. The van der Waals surface area contributed by atoms with Crippen molar-refractivity contribution in [2.45, 2.75) is 17.6 Å². The summed E-state index contributed by atoms with van der Waals surface area (Å²) in [6.07, 6.45) is 3.55. The van der Waals surface area contributed by atoms with Gasteiger partial charge in [0.2, 0.25) is 0 Å². The van der Waals surface area contributed by atoms with Gasteiger partial charge < -0.3 is 10.0 Å². The van der Waals surface area contributed by atoms with E-state index in [1.54, 1.807) is 18.1 Å². The average Bonchev–Trinajstić information content (AvgIpc) is 2.14. The summed E-state index contributed by atoms with van der Waals surface area (Å²) in [7, 11) is 0. The molecule has 1 aromatic heterocycles. The molecule has 1 aliphatic rings. The SMILES string of the molecule is CSc1cc(N2CC(C)(O)C2)ncn1. The second kappa shape index (κ2) is 3.40. The number of aliphatic hydroxyl groups is 1. The molecule has 0 aromatic carbocycles. The van der Waals surface area contributed by atoms with Crippen LogP contribution in [-0.4, -0.2) is 40.0 Å². The molecule has 0 saturated carbocycles. The second-order valence-corrected chi connectivity index (χ2v) is 4.60. The van der Waals surface area contributed by atoms with Gasteiger partial charge in [0.05, 0.1) is 5.60 Å². The standard InChI is InChI=1S/C9H13N3OS/c1-9(13)4-12(5-9)7-3-8(14-2)11-6-10-7/h3,6,13H,4-5H2,1-2H3. The van der Waals surface area contributed by atoms with Gasteiger partial charge in [-0.1, -0.05) is 0 Å². The van der Waals surface area contributed by atoms with Gasteiger partial charge in [-0.15, -0.1) is 11.8 Å². The van der Waals surface area contributed by atoms with Crippen molar-refractivity contribution in [1.29, 1.82) is 0 Å². The van der Waals surface area contributed by atoms with Crippen LogP contribution in [0.4, 0.5) is 5.82 Å². The molecule has 1 saturated heterocycles. The van der Waals surface area contributed by atoms with Gasteiger partial charge >= 0.3 is 0 Å². The van der Waals surface area contributed by atoms with E-state index in [0.29, 0.717) is 13.1 Å². The summed E-state index contributed by atoms with van der Waals surface area (Å²) in [5.74, 6) is 0.899. The van der Waals surface area contributed by atoms with E-state index in [9.17, 15) is 5.11 Å². The van der Waals surface area contributed by atoms with Crippen molar-refractivity contribution in [2.24, 2.45) is 0 Å². The molecule has 76 valence electrons. The van der Waals surface area contributed by atoms with Crippen LogP contribution in [0.3, 0.4) is 0 Å². The number of aromatic nitrogens is 2. The average molecular weight is 211 g/mol. The number of hydrogen-bond acceptors (Lipinski definition) is 5. The van der Waals surface area contributed by atoms with Gasteiger partial charge in [-0.05, 0) is 13.2 Å². The largest absolute Gasteiger partial charge is 0.386 e. The molecule has 0 spiro atoms. The Kier molecular flexibility index (Phi) is 2.36. The van der Waals surface area contributed by atoms with Crippen LogP contribution in [0, 0.1) is 0 Å². The quantitative estimate of drug-likeness (QED) is 0.578. The van der Waals surface area contributed by atoms with Crippen molar-refractivity contribution >= 4 is 17.6 Å². The van der Waals surface area contributed by atoms with Crippen molar-refractivity contribution in [3.05, 3.63) is 12.4 Å². The molecule has 0 unspecified atom stereocenters. The third-order valence-corrected chi connectivity index (χ3v) is 2.87. The Morgan fingerprint density at radius 3 is 2.79 bits per heavy atom. The van der Waals surface area contributed by atoms with Crippen molar-refractivity contribution < 1.29 is 5.11 Å². The van der Waals surface area contributed by atoms with Gasteiger partial charge in [0.25, 0.3) is 0 Å². The Morgan fingerprint density at radius 2 is 2.21 bits per heavy atom. The van der Waals surface area contributed by atoms with Gasteiger partial charge in [-0.3, -0.25) is 0 Å². The molecule has 1 fully saturated rings. The fraction of sp³-hybridized carbons (Fsp3) is 0.556. The highest BCUT2D eigenvalue weighted by atomic mass is 32.2. The van der Waals surface area contributed by atoms with E-state index in [1.807, 2.05) is 24.1 Å². The van der Waals surface area contributed by atoms with Crippen LogP contribution >= 0.6 is 11.8 Å². The van der Waals surface area contributed by atoms with Crippen molar-refractivity contribution in [2.75, 3.05) is 24.2 Å². The first-order chi connectivity index (χ1) is 6.61. The fourth-order valence-electron chi connectivity index (χ4n) is 1.55. The molecule has 0 aliphatic carbocycles. The summed E-state index contributed by atoms with van der Waals surface area (Å²) in [4.78, 5) is 10.3. The number of nitrogens with zero attached hydrogens (tertiary/aromatic N) is 3. The molecular formula is C9H13N3OS. The molecule has 14 heavy (non-hydrogen) atoms. The first-order valence-corrected chi connectivity index (χ1v) is 5.66. The molecule has 2 heterocycles. The topological polar surface area (TPSA) is 49.2 Å². The highest BCUT2D eigenvalue weighted by Crippen LogP contribution is 2.26. The second-order valence-electron chi connectivity index (χ2n) is 3.77. The normalized spacial score (nSPS) is 19.2. The number of hydrogen-bond donors (Lipinski definition) is 1. The predicted molar refractivity (Wildman–Crippen MR) is 56.6 cm³/mol. The van der Waals surface area contributed by atoms with Crippen molar-refractivity contribution in [3.8, 4) is 0 Å². The molecule has 1 N–H and O–H groups in total.